The van der Waals surface area contributed by atoms with E-state index in [2.05, 4.69) is 47.3 Å². The molecular weight excluding hydrogens is 490 g/mol. The molecule has 3 aromatic carbocycles. The van der Waals surface area contributed by atoms with Crippen molar-refractivity contribution in [3.63, 3.8) is 0 Å². The Bertz CT molecular complexity index is 1280. The summed E-state index contributed by atoms with van der Waals surface area (Å²) >= 11 is 0. The summed E-state index contributed by atoms with van der Waals surface area (Å²) in [6.07, 6.45) is 3.89. The third-order valence-corrected chi connectivity index (χ3v) is 5.50. The molecule has 200 valence electrons. The number of likely N-dealkylation sites (N-methyl/N-ethyl adjacent to an activating group) is 1. The number of allylic oxidation sites excluding steroid dienone is 1. The molecule has 0 heterocycles. The molecule has 0 N–H and O–H groups in total. The van der Waals surface area contributed by atoms with Crippen LogP contribution in [-0.2, 0) is 19.1 Å². The van der Waals surface area contributed by atoms with Gasteiger partial charge in [-0.3, -0.25) is 4.79 Å². The van der Waals surface area contributed by atoms with E-state index in [4.69, 9.17) is 9.47 Å². The summed E-state index contributed by atoms with van der Waals surface area (Å²) in [4.78, 5) is 31.7. The lowest BCUT2D eigenvalue weighted by atomic mass is 10.1. The van der Waals surface area contributed by atoms with Crippen molar-refractivity contribution in [2.24, 2.45) is 4.99 Å². The first kappa shape index (κ1) is 28.7. The molecule has 3 rings (SSSR count). The van der Waals surface area contributed by atoms with Gasteiger partial charge in [-0.15, -0.1) is 6.58 Å². The van der Waals surface area contributed by atoms with E-state index in [1.165, 1.54) is 0 Å². The first-order chi connectivity index (χ1) is 18.9. The van der Waals surface area contributed by atoms with Gasteiger partial charge in [0.1, 0.15) is 6.61 Å². The molecule has 7 heteroatoms. The second-order valence-electron chi connectivity index (χ2n) is 8.61. The SMILES string of the molecule is C=CCN=C(O/C(C=O)=C/c1ccc(N(c2ccccc2)c2ccccc2)cc1)N(C)CCOC(=O)C(=C)C. The van der Waals surface area contributed by atoms with Crippen LogP contribution in [-0.4, -0.2) is 49.9 Å². The van der Waals surface area contributed by atoms with Gasteiger partial charge in [-0.2, -0.15) is 0 Å². The lowest BCUT2D eigenvalue weighted by molar-refractivity contribution is -0.139. The number of ether oxygens (including phenoxy) is 2. The summed E-state index contributed by atoms with van der Waals surface area (Å²) < 4.78 is 11.0. The maximum Gasteiger partial charge on any atom is 0.333 e. The number of benzene rings is 3. The van der Waals surface area contributed by atoms with Crippen molar-refractivity contribution in [2.75, 3.05) is 31.6 Å². The van der Waals surface area contributed by atoms with Crippen LogP contribution in [0.25, 0.3) is 6.08 Å². The average molecular weight is 524 g/mol. The Kier molecular flexibility index (Phi) is 10.8. The number of hydrogen-bond donors (Lipinski definition) is 0. The second-order valence-corrected chi connectivity index (χ2v) is 8.61. The first-order valence-corrected chi connectivity index (χ1v) is 12.5. The minimum Gasteiger partial charge on any atom is -0.460 e. The van der Waals surface area contributed by atoms with Gasteiger partial charge < -0.3 is 19.3 Å². The van der Waals surface area contributed by atoms with Crippen molar-refractivity contribution < 1.29 is 19.1 Å². The van der Waals surface area contributed by atoms with Crippen LogP contribution in [0.4, 0.5) is 17.1 Å². The fourth-order valence-electron chi connectivity index (χ4n) is 3.55. The van der Waals surface area contributed by atoms with E-state index < -0.39 is 5.97 Å². The minimum absolute atomic E-state index is 0.0827. The van der Waals surface area contributed by atoms with Gasteiger partial charge in [0.15, 0.2) is 12.0 Å². The summed E-state index contributed by atoms with van der Waals surface area (Å²) in [7, 11) is 1.73. The average Bonchev–Trinajstić information content (AvgIpc) is 2.96. The number of amidine groups is 1. The molecule has 3 aromatic rings. The molecule has 0 atom stereocenters. The largest absolute Gasteiger partial charge is 0.460 e. The molecule has 7 nitrogen and oxygen atoms in total. The molecule has 0 aliphatic heterocycles. The third-order valence-electron chi connectivity index (χ3n) is 5.50. The summed E-state index contributed by atoms with van der Waals surface area (Å²) in [5.74, 6) is -0.386. The zero-order valence-corrected chi connectivity index (χ0v) is 22.3. The highest BCUT2D eigenvalue weighted by molar-refractivity contribution is 5.87. The van der Waals surface area contributed by atoms with E-state index in [0.717, 1.165) is 22.6 Å². The highest BCUT2D eigenvalue weighted by Gasteiger charge is 2.14. The number of aliphatic imine (C=N–C) groups is 1. The van der Waals surface area contributed by atoms with Gasteiger partial charge in [-0.05, 0) is 55.0 Å². The number of para-hydroxylation sites is 2. The van der Waals surface area contributed by atoms with E-state index in [0.29, 0.717) is 24.9 Å². The summed E-state index contributed by atoms with van der Waals surface area (Å²) in [5.41, 5.74) is 4.13. The number of carbonyl (C=O) groups excluding carboxylic acids is 2. The predicted octanol–water partition coefficient (Wildman–Crippen LogP) is 6.31. The first-order valence-electron chi connectivity index (χ1n) is 12.5. The van der Waals surface area contributed by atoms with Crippen LogP contribution in [0.5, 0.6) is 0 Å². The maximum absolute atomic E-state index is 11.9. The fraction of sp³-hybridized carbons (Fsp3) is 0.156. The Hall–Kier alpha value is -4.91. The molecule has 0 spiro atoms. The van der Waals surface area contributed by atoms with Gasteiger partial charge >= 0.3 is 5.97 Å². The van der Waals surface area contributed by atoms with Gasteiger partial charge in [0.05, 0.1) is 13.1 Å². The van der Waals surface area contributed by atoms with Gasteiger partial charge in [-0.25, -0.2) is 9.79 Å². The quantitative estimate of drug-likeness (QED) is 0.0527. The molecule has 0 bridgehead atoms. The molecule has 0 radical (unpaired) electrons. The van der Waals surface area contributed by atoms with E-state index in [9.17, 15) is 9.59 Å². The molecule has 0 saturated heterocycles. The van der Waals surface area contributed by atoms with Gasteiger partial charge in [-0.1, -0.05) is 61.2 Å². The number of hydrogen-bond acceptors (Lipinski definition) is 6. The molecule has 0 aliphatic carbocycles. The summed E-state index contributed by atoms with van der Waals surface area (Å²) in [5, 5.41) is 0. The molecule has 0 aromatic heterocycles. The highest BCUT2D eigenvalue weighted by atomic mass is 16.5. The van der Waals surface area contributed by atoms with E-state index in [1.54, 1.807) is 31.0 Å². The molecule has 0 saturated carbocycles. The van der Waals surface area contributed by atoms with Crippen LogP contribution in [0.1, 0.15) is 12.5 Å². The monoisotopic (exact) mass is 523 g/mol. The van der Waals surface area contributed by atoms with Crippen molar-refractivity contribution in [3.05, 3.63) is 121 Å². The van der Waals surface area contributed by atoms with E-state index in [-0.39, 0.29) is 18.4 Å². The van der Waals surface area contributed by atoms with Crippen molar-refractivity contribution >= 4 is 41.4 Å². The van der Waals surface area contributed by atoms with Crippen molar-refractivity contribution in [1.82, 2.24) is 4.90 Å². The Morgan fingerprint density at radius 3 is 2.00 bits per heavy atom. The number of nitrogens with zero attached hydrogens (tertiary/aromatic N) is 3. The molecule has 0 aliphatic rings. The minimum atomic E-state index is -0.469. The molecule has 0 amide bonds. The van der Waals surface area contributed by atoms with E-state index in [1.807, 2.05) is 60.7 Å². The van der Waals surface area contributed by atoms with Crippen LogP contribution >= 0.6 is 0 Å². The Morgan fingerprint density at radius 1 is 0.923 bits per heavy atom. The van der Waals surface area contributed by atoms with Crippen LogP contribution < -0.4 is 4.90 Å². The predicted molar refractivity (Wildman–Crippen MR) is 157 cm³/mol. The fourth-order valence-corrected chi connectivity index (χ4v) is 3.55. The summed E-state index contributed by atoms with van der Waals surface area (Å²) in [6, 6.07) is 28.2. The zero-order chi connectivity index (χ0) is 28.0. The molecule has 0 unspecified atom stereocenters. The van der Waals surface area contributed by atoms with Crippen LogP contribution in [0.3, 0.4) is 0 Å². The normalized spacial score (nSPS) is 11.3. The second kappa shape index (κ2) is 14.7. The lowest BCUT2D eigenvalue weighted by Gasteiger charge is -2.25. The van der Waals surface area contributed by atoms with Crippen molar-refractivity contribution in [1.29, 1.82) is 0 Å². The lowest BCUT2D eigenvalue weighted by Crippen LogP contribution is -2.33. The topological polar surface area (TPSA) is 71.4 Å². The van der Waals surface area contributed by atoms with E-state index >= 15 is 0 Å². The molecule has 0 fully saturated rings. The van der Waals surface area contributed by atoms with Crippen molar-refractivity contribution in [3.8, 4) is 0 Å². The van der Waals surface area contributed by atoms with Crippen LogP contribution in [0.15, 0.2) is 120 Å². The number of aldehydes is 1. The smallest absolute Gasteiger partial charge is 0.333 e. The third kappa shape index (κ3) is 8.57. The summed E-state index contributed by atoms with van der Waals surface area (Å²) in [6.45, 7) is 9.55. The Balaban J connectivity index is 1.79. The number of esters is 1. The van der Waals surface area contributed by atoms with Gasteiger partial charge in [0.2, 0.25) is 0 Å². The Labute approximate surface area is 230 Å². The van der Waals surface area contributed by atoms with Gasteiger partial charge in [0, 0.05) is 29.7 Å². The van der Waals surface area contributed by atoms with Crippen LogP contribution in [0.2, 0.25) is 0 Å². The number of anilines is 3. The number of carbonyl (C=O) groups is 2. The highest BCUT2D eigenvalue weighted by Crippen LogP contribution is 2.34. The molecule has 39 heavy (non-hydrogen) atoms. The van der Waals surface area contributed by atoms with Crippen molar-refractivity contribution in [2.45, 2.75) is 6.92 Å². The zero-order valence-electron chi connectivity index (χ0n) is 22.3. The standard InChI is InChI=1S/C32H33N3O4/c1-5-20-33-32(34(4)21-22-38-31(37)25(2)3)39-30(24-36)23-26-16-18-29(19-17-26)35(27-12-8-6-9-13-27)28-14-10-7-11-15-28/h5-19,23-24H,1-2,20-22H2,3-4H3/b30-23+,33-32?. The number of rotatable bonds is 12. The molecular formula is C32H33N3O4. The Morgan fingerprint density at radius 2 is 1.49 bits per heavy atom. The van der Waals surface area contributed by atoms with Gasteiger partial charge in [0.25, 0.3) is 6.02 Å². The maximum atomic E-state index is 11.9. The van der Waals surface area contributed by atoms with Crippen LogP contribution in [0, 0.1) is 0 Å².